The Balaban J connectivity index is 1.99. The highest BCUT2D eigenvalue weighted by Crippen LogP contribution is 2.17. The SMILES string of the molecule is COCCN(Cc1cccs1)C(=O)C1CNC(=O)C1. The number of rotatable bonds is 6. The van der Waals surface area contributed by atoms with E-state index in [4.69, 9.17) is 4.74 Å². The normalized spacial score (nSPS) is 18.4. The van der Waals surface area contributed by atoms with E-state index in [1.807, 2.05) is 17.5 Å². The molecule has 104 valence electrons. The Morgan fingerprint density at radius 2 is 2.47 bits per heavy atom. The van der Waals surface area contributed by atoms with Crippen LogP contribution in [0.15, 0.2) is 17.5 Å². The first-order chi connectivity index (χ1) is 9.20. The molecule has 6 heteroatoms. The van der Waals surface area contributed by atoms with Gasteiger partial charge in [-0.1, -0.05) is 6.07 Å². The first-order valence-electron chi connectivity index (χ1n) is 6.27. The lowest BCUT2D eigenvalue weighted by molar-refractivity contribution is -0.137. The van der Waals surface area contributed by atoms with Crippen molar-refractivity contribution in [3.63, 3.8) is 0 Å². The van der Waals surface area contributed by atoms with Crippen molar-refractivity contribution in [1.29, 1.82) is 0 Å². The van der Waals surface area contributed by atoms with Gasteiger partial charge in [0.15, 0.2) is 0 Å². The molecule has 1 aliphatic rings. The van der Waals surface area contributed by atoms with Crippen molar-refractivity contribution >= 4 is 23.2 Å². The second kappa shape index (κ2) is 6.68. The van der Waals surface area contributed by atoms with Crippen molar-refractivity contribution in [3.05, 3.63) is 22.4 Å². The molecule has 1 fully saturated rings. The maximum Gasteiger partial charge on any atom is 0.228 e. The summed E-state index contributed by atoms with van der Waals surface area (Å²) in [5, 5.41) is 4.70. The molecule has 2 amide bonds. The molecule has 1 aromatic rings. The quantitative estimate of drug-likeness (QED) is 0.842. The van der Waals surface area contributed by atoms with Gasteiger partial charge in [0, 0.05) is 31.5 Å². The van der Waals surface area contributed by atoms with Crippen LogP contribution in [-0.4, -0.2) is 43.5 Å². The zero-order valence-electron chi connectivity index (χ0n) is 10.9. The smallest absolute Gasteiger partial charge is 0.228 e. The highest BCUT2D eigenvalue weighted by atomic mass is 32.1. The fraction of sp³-hybridized carbons (Fsp3) is 0.538. The van der Waals surface area contributed by atoms with Crippen LogP contribution in [0.4, 0.5) is 0 Å². The van der Waals surface area contributed by atoms with Crippen LogP contribution in [0.3, 0.4) is 0 Å². The maximum absolute atomic E-state index is 12.4. The Kier molecular flexibility index (Phi) is 4.93. The summed E-state index contributed by atoms with van der Waals surface area (Å²) in [5.74, 6) is -0.241. The van der Waals surface area contributed by atoms with Gasteiger partial charge in [-0.3, -0.25) is 9.59 Å². The third-order valence-electron chi connectivity index (χ3n) is 3.13. The summed E-state index contributed by atoms with van der Waals surface area (Å²) in [5.41, 5.74) is 0. The number of amides is 2. The molecular weight excluding hydrogens is 264 g/mol. The van der Waals surface area contributed by atoms with E-state index in [9.17, 15) is 9.59 Å². The summed E-state index contributed by atoms with van der Waals surface area (Å²) < 4.78 is 5.05. The molecule has 1 unspecified atom stereocenters. The third-order valence-corrected chi connectivity index (χ3v) is 3.99. The molecule has 0 spiro atoms. The highest BCUT2D eigenvalue weighted by molar-refractivity contribution is 7.09. The summed E-state index contributed by atoms with van der Waals surface area (Å²) in [6.07, 6.45) is 0.298. The number of nitrogens with zero attached hydrogens (tertiary/aromatic N) is 1. The minimum absolute atomic E-state index is 0.0313. The maximum atomic E-state index is 12.4. The van der Waals surface area contributed by atoms with Crippen LogP contribution in [0.1, 0.15) is 11.3 Å². The zero-order valence-corrected chi connectivity index (χ0v) is 11.7. The largest absolute Gasteiger partial charge is 0.383 e. The Morgan fingerprint density at radius 1 is 1.63 bits per heavy atom. The van der Waals surface area contributed by atoms with Crippen molar-refractivity contribution in [1.82, 2.24) is 10.2 Å². The van der Waals surface area contributed by atoms with E-state index in [1.54, 1.807) is 23.3 Å². The lowest BCUT2D eigenvalue weighted by Crippen LogP contribution is -2.38. The standard InChI is InChI=1S/C13H18N2O3S/c1-18-5-4-15(9-11-3-2-6-19-11)13(17)10-7-12(16)14-8-10/h2-3,6,10H,4-5,7-9H2,1H3,(H,14,16). The second-order valence-electron chi connectivity index (χ2n) is 4.54. The number of hydrogen-bond acceptors (Lipinski definition) is 4. The first kappa shape index (κ1) is 14.0. The van der Waals surface area contributed by atoms with Gasteiger partial charge in [-0.25, -0.2) is 0 Å². The van der Waals surface area contributed by atoms with Crippen LogP contribution in [0, 0.1) is 5.92 Å². The minimum Gasteiger partial charge on any atom is -0.383 e. The van der Waals surface area contributed by atoms with Gasteiger partial charge >= 0.3 is 0 Å². The van der Waals surface area contributed by atoms with Crippen molar-refractivity contribution in [2.45, 2.75) is 13.0 Å². The van der Waals surface area contributed by atoms with Crippen molar-refractivity contribution in [2.75, 3.05) is 26.8 Å². The molecular formula is C13H18N2O3S. The van der Waals surface area contributed by atoms with Gasteiger partial charge < -0.3 is 15.0 Å². The summed E-state index contributed by atoms with van der Waals surface area (Å²) in [7, 11) is 1.62. The molecule has 0 saturated carbocycles. The van der Waals surface area contributed by atoms with Crippen molar-refractivity contribution < 1.29 is 14.3 Å². The van der Waals surface area contributed by atoms with Gasteiger partial charge in [-0.15, -0.1) is 11.3 Å². The average Bonchev–Trinajstić information content (AvgIpc) is 3.05. The van der Waals surface area contributed by atoms with E-state index >= 15 is 0 Å². The lowest BCUT2D eigenvalue weighted by atomic mass is 10.1. The molecule has 1 N–H and O–H groups in total. The predicted octanol–water partition coefficient (Wildman–Crippen LogP) is 0.859. The van der Waals surface area contributed by atoms with Gasteiger partial charge in [0.2, 0.25) is 11.8 Å². The molecule has 0 aliphatic carbocycles. The number of nitrogens with one attached hydrogen (secondary N) is 1. The van der Waals surface area contributed by atoms with E-state index in [0.29, 0.717) is 32.7 Å². The van der Waals surface area contributed by atoms with Crippen LogP contribution >= 0.6 is 11.3 Å². The minimum atomic E-state index is -0.232. The van der Waals surface area contributed by atoms with Crippen molar-refractivity contribution in [3.8, 4) is 0 Å². The number of ether oxygens (including phenoxy) is 1. The molecule has 0 bridgehead atoms. The van der Waals surface area contributed by atoms with E-state index in [-0.39, 0.29) is 17.7 Å². The average molecular weight is 282 g/mol. The second-order valence-corrected chi connectivity index (χ2v) is 5.57. The topological polar surface area (TPSA) is 58.6 Å². The Labute approximate surface area is 116 Å². The van der Waals surface area contributed by atoms with Crippen LogP contribution in [0.25, 0.3) is 0 Å². The molecule has 2 rings (SSSR count). The monoisotopic (exact) mass is 282 g/mol. The number of thiophene rings is 1. The summed E-state index contributed by atoms with van der Waals surface area (Å²) >= 11 is 1.63. The van der Waals surface area contributed by atoms with Gasteiger partial charge in [0.1, 0.15) is 0 Å². The van der Waals surface area contributed by atoms with Gasteiger partial charge in [-0.05, 0) is 11.4 Å². The molecule has 1 aromatic heterocycles. The number of carbonyl (C=O) groups excluding carboxylic acids is 2. The Morgan fingerprint density at radius 3 is 3.05 bits per heavy atom. The fourth-order valence-electron chi connectivity index (χ4n) is 2.10. The zero-order chi connectivity index (χ0) is 13.7. The van der Waals surface area contributed by atoms with E-state index in [0.717, 1.165) is 4.88 Å². The summed E-state index contributed by atoms with van der Waals surface area (Å²) in [6.45, 7) is 2.10. The highest BCUT2D eigenvalue weighted by Gasteiger charge is 2.31. The molecule has 0 aromatic carbocycles. The van der Waals surface area contributed by atoms with E-state index in [1.165, 1.54) is 0 Å². The molecule has 1 atom stereocenters. The van der Waals surface area contributed by atoms with Crippen LogP contribution in [-0.2, 0) is 20.9 Å². The lowest BCUT2D eigenvalue weighted by Gasteiger charge is -2.24. The van der Waals surface area contributed by atoms with Gasteiger partial charge in [-0.2, -0.15) is 0 Å². The molecule has 1 aliphatic heterocycles. The number of hydrogen-bond donors (Lipinski definition) is 1. The first-order valence-corrected chi connectivity index (χ1v) is 7.15. The Bertz CT molecular complexity index is 433. The molecule has 5 nitrogen and oxygen atoms in total. The molecule has 0 radical (unpaired) electrons. The molecule has 2 heterocycles. The van der Waals surface area contributed by atoms with E-state index in [2.05, 4.69) is 5.32 Å². The fourth-order valence-corrected chi connectivity index (χ4v) is 2.82. The summed E-state index contributed by atoms with van der Waals surface area (Å²) in [6, 6.07) is 3.98. The Hall–Kier alpha value is -1.40. The van der Waals surface area contributed by atoms with E-state index < -0.39 is 0 Å². The number of carbonyl (C=O) groups is 2. The van der Waals surface area contributed by atoms with Crippen molar-refractivity contribution in [2.24, 2.45) is 5.92 Å². The van der Waals surface area contributed by atoms with Crippen LogP contribution in [0.2, 0.25) is 0 Å². The van der Waals surface area contributed by atoms with Gasteiger partial charge in [0.25, 0.3) is 0 Å². The summed E-state index contributed by atoms with van der Waals surface area (Å²) in [4.78, 5) is 26.5. The predicted molar refractivity (Wildman–Crippen MR) is 72.7 cm³/mol. The molecule has 1 saturated heterocycles. The van der Waals surface area contributed by atoms with Gasteiger partial charge in [0.05, 0.1) is 19.1 Å². The number of methoxy groups -OCH3 is 1. The van der Waals surface area contributed by atoms with Crippen LogP contribution in [0.5, 0.6) is 0 Å². The van der Waals surface area contributed by atoms with Crippen LogP contribution < -0.4 is 5.32 Å². The third kappa shape index (κ3) is 3.78. The molecule has 19 heavy (non-hydrogen) atoms.